The lowest BCUT2D eigenvalue weighted by Crippen LogP contribution is -2.34. The molecule has 1 aromatic rings. The second-order valence-corrected chi connectivity index (χ2v) is 6.45. The van der Waals surface area contributed by atoms with Crippen LogP contribution in [0.3, 0.4) is 0 Å². The van der Waals surface area contributed by atoms with E-state index in [1.165, 1.54) is 24.2 Å². The lowest BCUT2D eigenvalue weighted by atomic mass is 9.78. The van der Waals surface area contributed by atoms with Crippen molar-refractivity contribution >= 4 is 22.4 Å². The predicted octanol–water partition coefficient (Wildman–Crippen LogP) is 3.39. The molecule has 18 heavy (non-hydrogen) atoms. The third kappa shape index (κ3) is 2.66. The van der Waals surface area contributed by atoms with E-state index < -0.39 is 5.97 Å². The third-order valence-electron chi connectivity index (χ3n) is 4.01. The van der Waals surface area contributed by atoms with E-state index in [2.05, 4.69) is 24.1 Å². The van der Waals surface area contributed by atoms with Crippen molar-refractivity contribution in [3.63, 3.8) is 0 Å². The van der Waals surface area contributed by atoms with Crippen LogP contribution >= 0.6 is 11.3 Å². The summed E-state index contributed by atoms with van der Waals surface area (Å²) in [6.45, 7) is 6.35. The summed E-state index contributed by atoms with van der Waals surface area (Å²) in [6, 6.07) is 0.418. The van der Waals surface area contributed by atoms with E-state index in [1.807, 2.05) is 0 Å². The first-order valence-corrected chi connectivity index (χ1v) is 7.28. The normalized spacial score (nSPS) is 28.1. The smallest absolute Gasteiger partial charge is 0.355 e. The molecule has 0 amide bonds. The molecule has 1 fully saturated rings. The molecule has 0 bridgehead atoms. The second-order valence-electron chi connectivity index (χ2n) is 5.25. The number of carboxylic acid groups (broad SMARTS) is 1. The Morgan fingerprint density at radius 3 is 2.78 bits per heavy atom. The summed E-state index contributed by atoms with van der Waals surface area (Å²) in [5.74, 6) is 0.384. The van der Waals surface area contributed by atoms with Gasteiger partial charge in [0.25, 0.3) is 0 Å². The molecule has 2 rings (SSSR count). The summed E-state index contributed by atoms with van der Waals surface area (Å²) < 4.78 is 0. The van der Waals surface area contributed by atoms with E-state index in [9.17, 15) is 4.79 Å². The number of carboxylic acids is 1. The van der Waals surface area contributed by atoms with Gasteiger partial charge < -0.3 is 10.4 Å². The number of carbonyl (C=O) groups is 1. The molecule has 0 spiro atoms. The summed E-state index contributed by atoms with van der Waals surface area (Å²) >= 11 is 1.44. The van der Waals surface area contributed by atoms with Crippen LogP contribution in [0.5, 0.6) is 0 Å². The Balaban J connectivity index is 2.09. The van der Waals surface area contributed by atoms with Crippen LogP contribution in [0.1, 0.15) is 48.5 Å². The van der Waals surface area contributed by atoms with Gasteiger partial charge in [-0.15, -0.1) is 11.3 Å². The van der Waals surface area contributed by atoms with Crippen LogP contribution in [-0.4, -0.2) is 22.1 Å². The van der Waals surface area contributed by atoms with Gasteiger partial charge in [-0.05, 0) is 25.2 Å². The summed E-state index contributed by atoms with van der Waals surface area (Å²) in [5.41, 5.74) is 0.180. The fraction of sp³-hybridized carbons (Fsp3) is 0.692. The van der Waals surface area contributed by atoms with Crippen molar-refractivity contribution in [2.45, 2.75) is 46.1 Å². The first-order chi connectivity index (χ1) is 8.49. The number of aryl methyl sites for hydroxylation is 1. The number of nitrogens with one attached hydrogen (secondary N) is 1. The zero-order valence-corrected chi connectivity index (χ0v) is 11.9. The van der Waals surface area contributed by atoms with Crippen LogP contribution in [0, 0.1) is 18.8 Å². The van der Waals surface area contributed by atoms with Crippen molar-refractivity contribution in [1.82, 2.24) is 4.98 Å². The number of thiazole rings is 1. The van der Waals surface area contributed by atoms with E-state index in [4.69, 9.17) is 5.11 Å². The minimum Gasteiger partial charge on any atom is -0.476 e. The highest BCUT2D eigenvalue weighted by atomic mass is 32.1. The van der Waals surface area contributed by atoms with Gasteiger partial charge in [0.15, 0.2) is 10.8 Å². The van der Waals surface area contributed by atoms with Crippen molar-refractivity contribution in [3.8, 4) is 0 Å². The molecule has 3 atom stereocenters. The zero-order valence-electron chi connectivity index (χ0n) is 11.1. The Morgan fingerprint density at radius 1 is 1.44 bits per heavy atom. The topological polar surface area (TPSA) is 62.2 Å². The Kier molecular flexibility index (Phi) is 3.90. The molecule has 2 N–H and O–H groups in total. The maximum absolute atomic E-state index is 11.0. The first kappa shape index (κ1) is 13.3. The highest BCUT2D eigenvalue weighted by Gasteiger charge is 2.28. The molecule has 0 radical (unpaired) electrons. The SMILES string of the molecule is Cc1sc(NC2CCCC(C)C2C)nc1C(=O)O. The molecule has 1 aromatic heterocycles. The van der Waals surface area contributed by atoms with E-state index in [0.29, 0.717) is 12.0 Å². The molecular weight excluding hydrogens is 248 g/mol. The van der Waals surface area contributed by atoms with Gasteiger partial charge in [0, 0.05) is 10.9 Å². The number of hydrogen-bond acceptors (Lipinski definition) is 4. The molecule has 4 nitrogen and oxygen atoms in total. The average Bonchev–Trinajstić information content (AvgIpc) is 2.66. The van der Waals surface area contributed by atoms with Gasteiger partial charge in [-0.2, -0.15) is 0 Å². The molecule has 3 unspecified atom stereocenters. The largest absolute Gasteiger partial charge is 0.476 e. The van der Waals surface area contributed by atoms with E-state index >= 15 is 0 Å². The standard InChI is InChI=1S/C13H20N2O2S/c1-7-5-4-6-10(8(7)2)14-13-15-11(12(16)17)9(3)18-13/h7-8,10H,4-6H2,1-3H3,(H,14,15)(H,16,17). The maximum atomic E-state index is 11.0. The summed E-state index contributed by atoms with van der Waals surface area (Å²) in [6.07, 6.45) is 3.67. The molecule has 5 heteroatoms. The zero-order chi connectivity index (χ0) is 13.3. The third-order valence-corrected chi connectivity index (χ3v) is 4.92. The van der Waals surface area contributed by atoms with Gasteiger partial charge in [0.2, 0.25) is 0 Å². The molecule has 0 aromatic carbocycles. The van der Waals surface area contributed by atoms with Crippen LogP contribution in [0.4, 0.5) is 5.13 Å². The maximum Gasteiger partial charge on any atom is 0.355 e. The van der Waals surface area contributed by atoms with Gasteiger partial charge >= 0.3 is 5.97 Å². The molecular formula is C13H20N2O2S. The Hall–Kier alpha value is -1.10. The lowest BCUT2D eigenvalue weighted by Gasteiger charge is -2.34. The Morgan fingerprint density at radius 2 is 2.17 bits per heavy atom. The van der Waals surface area contributed by atoms with Crippen LogP contribution in [-0.2, 0) is 0 Å². The van der Waals surface area contributed by atoms with Gasteiger partial charge in [0.1, 0.15) is 0 Å². The fourth-order valence-corrected chi connectivity index (χ4v) is 3.47. The van der Waals surface area contributed by atoms with Crippen molar-refractivity contribution in [2.75, 3.05) is 5.32 Å². The molecule has 1 aliphatic carbocycles. The number of nitrogens with zero attached hydrogens (tertiary/aromatic N) is 1. The molecule has 0 saturated heterocycles. The van der Waals surface area contributed by atoms with Gasteiger partial charge in [-0.3, -0.25) is 0 Å². The number of anilines is 1. The van der Waals surface area contributed by atoms with Crippen molar-refractivity contribution in [1.29, 1.82) is 0 Å². The van der Waals surface area contributed by atoms with E-state index in [0.717, 1.165) is 22.3 Å². The van der Waals surface area contributed by atoms with Crippen LogP contribution in [0.15, 0.2) is 0 Å². The highest BCUT2D eigenvalue weighted by Crippen LogP contribution is 2.33. The quantitative estimate of drug-likeness (QED) is 0.882. The Bertz CT molecular complexity index is 444. The lowest BCUT2D eigenvalue weighted by molar-refractivity contribution is 0.0690. The van der Waals surface area contributed by atoms with Crippen LogP contribution in [0.25, 0.3) is 0 Å². The van der Waals surface area contributed by atoms with E-state index in [1.54, 1.807) is 6.92 Å². The summed E-state index contributed by atoms with van der Waals surface area (Å²) in [4.78, 5) is 15.9. The molecule has 1 saturated carbocycles. The monoisotopic (exact) mass is 268 g/mol. The Labute approximate surface area is 111 Å². The van der Waals surface area contributed by atoms with Crippen LogP contribution in [0.2, 0.25) is 0 Å². The summed E-state index contributed by atoms with van der Waals surface area (Å²) in [7, 11) is 0. The average molecular weight is 268 g/mol. The predicted molar refractivity (Wildman–Crippen MR) is 73.4 cm³/mol. The number of rotatable bonds is 3. The minimum absolute atomic E-state index is 0.180. The van der Waals surface area contributed by atoms with Gasteiger partial charge in [-0.25, -0.2) is 9.78 Å². The van der Waals surface area contributed by atoms with Crippen LogP contribution < -0.4 is 5.32 Å². The minimum atomic E-state index is -0.943. The fourth-order valence-electron chi connectivity index (χ4n) is 2.60. The van der Waals surface area contributed by atoms with Crippen molar-refractivity contribution in [2.24, 2.45) is 11.8 Å². The number of aromatic carboxylic acids is 1. The number of hydrogen-bond donors (Lipinski definition) is 2. The molecule has 0 aliphatic heterocycles. The molecule has 1 aliphatic rings. The first-order valence-electron chi connectivity index (χ1n) is 6.46. The number of aromatic nitrogens is 1. The van der Waals surface area contributed by atoms with Crippen molar-refractivity contribution < 1.29 is 9.90 Å². The second kappa shape index (κ2) is 5.26. The van der Waals surface area contributed by atoms with E-state index in [-0.39, 0.29) is 5.69 Å². The molecule has 1 heterocycles. The summed E-state index contributed by atoms with van der Waals surface area (Å²) in [5, 5.41) is 13.2. The highest BCUT2D eigenvalue weighted by molar-refractivity contribution is 7.15. The molecule has 100 valence electrons. The van der Waals surface area contributed by atoms with Gasteiger partial charge in [-0.1, -0.05) is 26.7 Å². The van der Waals surface area contributed by atoms with Gasteiger partial charge in [0.05, 0.1) is 0 Å². The van der Waals surface area contributed by atoms with Crippen molar-refractivity contribution in [3.05, 3.63) is 10.6 Å².